The van der Waals surface area contributed by atoms with Crippen LogP contribution in [0.2, 0.25) is 0 Å². The number of hydrogen-bond donors (Lipinski definition) is 2. The molecule has 0 atom stereocenters. The molecule has 2 aromatic carbocycles. The van der Waals surface area contributed by atoms with Crippen LogP contribution < -0.4 is 5.32 Å². The summed E-state index contributed by atoms with van der Waals surface area (Å²) < 4.78 is 14.9. The molecule has 172 valence electrons. The summed E-state index contributed by atoms with van der Waals surface area (Å²) in [5, 5.41) is 23.0. The molecule has 0 aliphatic carbocycles. The van der Waals surface area contributed by atoms with E-state index in [1.807, 2.05) is 26.0 Å². The van der Waals surface area contributed by atoms with Gasteiger partial charge in [0.15, 0.2) is 0 Å². The molecule has 2 N–H and O–H groups in total. The molecule has 0 aliphatic heterocycles. The average molecular weight is 475 g/mol. The summed E-state index contributed by atoms with van der Waals surface area (Å²) in [5.74, 6) is -0.629. The van der Waals surface area contributed by atoms with Gasteiger partial charge in [-0.05, 0) is 60.7 Å². The van der Waals surface area contributed by atoms with E-state index in [1.54, 1.807) is 12.1 Å². The number of nitrogens with zero attached hydrogens (tertiary/aromatic N) is 3. The topological polar surface area (TPSA) is 98.9 Å². The molecule has 0 spiro atoms. The first-order chi connectivity index (χ1) is 16.4. The third-order valence-corrected chi connectivity index (χ3v) is 6.93. The Labute approximate surface area is 200 Å². The smallest absolute Gasteiger partial charge is 0.335 e. The van der Waals surface area contributed by atoms with E-state index in [1.165, 1.54) is 29.8 Å². The Morgan fingerprint density at radius 1 is 1.21 bits per heavy atom. The minimum absolute atomic E-state index is 0.306. The molecule has 34 heavy (non-hydrogen) atoms. The third-order valence-electron chi connectivity index (χ3n) is 5.64. The molecule has 0 aliphatic rings. The first kappa shape index (κ1) is 23.3. The molecule has 2 heterocycles. The number of anilines is 1. The summed E-state index contributed by atoms with van der Waals surface area (Å²) in [4.78, 5) is 20.7. The van der Waals surface area contributed by atoms with E-state index < -0.39 is 5.97 Å². The zero-order chi connectivity index (χ0) is 24.2. The Balaban J connectivity index is 1.54. The van der Waals surface area contributed by atoms with Gasteiger partial charge in [0.2, 0.25) is 0 Å². The normalized spacial score (nSPS) is 10.9. The van der Waals surface area contributed by atoms with E-state index in [4.69, 9.17) is 0 Å². The number of rotatable bonds is 8. The van der Waals surface area contributed by atoms with Gasteiger partial charge >= 0.3 is 5.97 Å². The van der Waals surface area contributed by atoms with E-state index >= 15 is 0 Å². The quantitative estimate of drug-likeness (QED) is 0.326. The maximum Gasteiger partial charge on any atom is 0.335 e. The minimum Gasteiger partial charge on any atom is -0.478 e. The van der Waals surface area contributed by atoms with Gasteiger partial charge in [-0.15, -0.1) is 11.3 Å². The second kappa shape index (κ2) is 9.98. The van der Waals surface area contributed by atoms with Crippen LogP contribution in [0.5, 0.6) is 0 Å². The van der Waals surface area contributed by atoms with Gasteiger partial charge in [0.1, 0.15) is 28.9 Å². The minimum atomic E-state index is -0.937. The summed E-state index contributed by atoms with van der Waals surface area (Å²) in [6, 6.07) is 12.3. The van der Waals surface area contributed by atoms with Crippen molar-refractivity contribution in [1.82, 2.24) is 9.97 Å². The molecule has 0 amide bonds. The van der Waals surface area contributed by atoms with Crippen molar-refractivity contribution < 1.29 is 14.3 Å². The maximum absolute atomic E-state index is 14.0. The molecule has 0 fully saturated rings. The fourth-order valence-electron chi connectivity index (χ4n) is 4.08. The highest BCUT2D eigenvalue weighted by Gasteiger charge is 2.15. The number of halogens is 1. The van der Waals surface area contributed by atoms with Crippen molar-refractivity contribution in [1.29, 1.82) is 5.26 Å². The monoisotopic (exact) mass is 474 g/mol. The summed E-state index contributed by atoms with van der Waals surface area (Å²) >= 11 is 1.39. The molecular formula is C26H23FN4O2S. The standard InChI is InChI=1S/C26H23FN4O2S/c1-3-4-16-10-17(5-6-19(16)26(32)33)22-12-24(31-14-30-22)29-8-7-20-21-11-18(27)9-15(2)25(21)34-23(20)13-28/h5-6,9-12,14H,3-4,7-8H2,1-2H3,(H,32,33)(H,29,30,31). The molecule has 4 aromatic rings. The number of aromatic carboxylic acids is 1. The zero-order valence-electron chi connectivity index (χ0n) is 18.9. The lowest BCUT2D eigenvalue weighted by Crippen LogP contribution is -2.07. The average Bonchev–Trinajstić information content (AvgIpc) is 3.17. The lowest BCUT2D eigenvalue weighted by Gasteiger charge is -2.10. The predicted octanol–water partition coefficient (Wildman–Crippen LogP) is 5.98. The van der Waals surface area contributed by atoms with Crippen LogP contribution in [-0.2, 0) is 12.8 Å². The number of nitriles is 1. The number of hydrogen-bond acceptors (Lipinski definition) is 6. The van der Waals surface area contributed by atoms with Crippen molar-refractivity contribution >= 4 is 33.2 Å². The Morgan fingerprint density at radius 3 is 2.76 bits per heavy atom. The lowest BCUT2D eigenvalue weighted by molar-refractivity contribution is 0.0695. The van der Waals surface area contributed by atoms with E-state index in [0.717, 1.165) is 38.8 Å². The highest BCUT2D eigenvalue weighted by Crippen LogP contribution is 2.34. The maximum atomic E-state index is 14.0. The molecule has 0 unspecified atom stereocenters. The van der Waals surface area contributed by atoms with Crippen molar-refractivity contribution in [2.45, 2.75) is 33.1 Å². The van der Waals surface area contributed by atoms with Gasteiger partial charge in [0.05, 0.1) is 11.3 Å². The summed E-state index contributed by atoms with van der Waals surface area (Å²) in [7, 11) is 0. The van der Waals surface area contributed by atoms with Crippen LogP contribution >= 0.6 is 11.3 Å². The molecule has 4 rings (SSSR count). The second-order valence-electron chi connectivity index (χ2n) is 8.01. The zero-order valence-corrected chi connectivity index (χ0v) is 19.7. The number of nitrogens with one attached hydrogen (secondary N) is 1. The molecule has 0 radical (unpaired) electrons. The van der Waals surface area contributed by atoms with Crippen LogP contribution in [0.3, 0.4) is 0 Å². The first-order valence-electron chi connectivity index (χ1n) is 11.0. The van der Waals surface area contributed by atoms with E-state index in [9.17, 15) is 19.6 Å². The summed E-state index contributed by atoms with van der Waals surface area (Å²) in [6.07, 6.45) is 3.51. The van der Waals surface area contributed by atoms with Gasteiger partial charge in [-0.1, -0.05) is 19.4 Å². The summed E-state index contributed by atoms with van der Waals surface area (Å²) in [6.45, 7) is 4.36. The molecule has 2 aromatic heterocycles. The van der Waals surface area contributed by atoms with Gasteiger partial charge in [-0.3, -0.25) is 0 Å². The predicted molar refractivity (Wildman–Crippen MR) is 132 cm³/mol. The molecular weight excluding hydrogens is 451 g/mol. The highest BCUT2D eigenvalue weighted by molar-refractivity contribution is 7.20. The number of carboxylic acids is 1. The highest BCUT2D eigenvalue weighted by atomic mass is 32.1. The number of aromatic nitrogens is 2. The van der Waals surface area contributed by atoms with E-state index in [0.29, 0.717) is 41.3 Å². The number of thiophene rings is 1. The van der Waals surface area contributed by atoms with Crippen LogP contribution in [0.15, 0.2) is 42.7 Å². The SMILES string of the molecule is CCCc1cc(-c2cc(NCCc3c(C#N)sc4c(C)cc(F)cc34)ncn2)ccc1C(=O)O. The number of carboxylic acid groups (broad SMARTS) is 1. The molecule has 0 saturated carbocycles. The van der Waals surface area contributed by atoms with Crippen LogP contribution in [0, 0.1) is 24.1 Å². The molecule has 0 saturated heterocycles. The number of fused-ring (bicyclic) bond motifs is 1. The van der Waals surface area contributed by atoms with E-state index in [2.05, 4.69) is 21.4 Å². The van der Waals surface area contributed by atoms with Crippen LogP contribution in [-0.4, -0.2) is 27.6 Å². The van der Waals surface area contributed by atoms with Crippen molar-refractivity contribution in [3.05, 3.63) is 75.7 Å². The number of aryl methyl sites for hydroxylation is 2. The second-order valence-corrected chi connectivity index (χ2v) is 9.03. The van der Waals surface area contributed by atoms with Gasteiger partial charge < -0.3 is 10.4 Å². The van der Waals surface area contributed by atoms with Crippen LogP contribution in [0.4, 0.5) is 10.2 Å². The van der Waals surface area contributed by atoms with Crippen LogP contribution in [0.25, 0.3) is 21.3 Å². The first-order valence-corrected chi connectivity index (χ1v) is 11.8. The Morgan fingerprint density at radius 2 is 2.03 bits per heavy atom. The molecule has 8 heteroatoms. The Kier molecular flexibility index (Phi) is 6.85. The van der Waals surface area contributed by atoms with Gasteiger partial charge in [0.25, 0.3) is 0 Å². The fraction of sp³-hybridized carbons (Fsp3) is 0.231. The number of benzene rings is 2. The Bertz CT molecular complexity index is 1420. The van der Waals surface area contributed by atoms with E-state index in [-0.39, 0.29) is 5.82 Å². The van der Waals surface area contributed by atoms with Crippen molar-refractivity contribution in [2.24, 2.45) is 0 Å². The van der Waals surface area contributed by atoms with Crippen molar-refractivity contribution in [3.8, 4) is 17.3 Å². The Hall–Kier alpha value is -3.83. The molecule has 0 bridgehead atoms. The molecule has 6 nitrogen and oxygen atoms in total. The van der Waals surface area contributed by atoms with Crippen LogP contribution in [0.1, 0.15) is 45.3 Å². The van der Waals surface area contributed by atoms with Gasteiger partial charge in [-0.2, -0.15) is 5.26 Å². The van der Waals surface area contributed by atoms with Crippen molar-refractivity contribution in [3.63, 3.8) is 0 Å². The fourth-order valence-corrected chi connectivity index (χ4v) is 5.18. The lowest BCUT2D eigenvalue weighted by atomic mass is 9.98. The largest absolute Gasteiger partial charge is 0.478 e. The van der Waals surface area contributed by atoms with Gasteiger partial charge in [0, 0.05) is 28.3 Å². The number of carbonyl (C=O) groups is 1. The summed E-state index contributed by atoms with van der Waals surface area (Å²) in [5.41, 5.74) is 4.24. The third kappa shape index (κ3) is 4.75. The van der Waals surface area contributed by atoms with Gasteiger partial charge in [-0.25, -0.2) is 19.2 Å². The van der Waals surface area contributed by atoms with Crippen molar-refractivity contribution in [2.75, 3.05) is 11.9 Å².